The smallest absolute Gasteiger partial charge is 0.228 e. The minimum atomic E-state index is -0.0759. The van der Waals surface area contributed by atoms with Crippen LogP contribution >= 0.6 is 11.6 Å². The number of H-pyrrole nitrogens is 1. The van der Waals surface area contributed by atoms with E-state index in [1.807, 2.05) is 42.6 Å². The van der Waals surface area contributed by atoms with Crippen molar-refractivity contribution in [2.75, 3.05) is 5.32 Å². The van der Waals surface area contributed by atoms with Gasteiger partial charge in [0.1, 0.15) is 0 Å². The van der Waals surface area contributed by atoms with E-state index in [4.69, 9.17) is 11.6 Å². The van der Waals surface area contributed by atoms with Crippen molar-refractivity contribution < 1.29 is 4.79 Å². The van der Waals surface area contributed by atoms with Gasteiger partial charge < -0.3 is 10.3 Å². The first-order valence-corrected chi connectivity index (χ1v) is 6.70. The number of benzene rings is 2. The average molecular weight is 285 g/mol. The number of aromatic amines is 1. The Balaban J connectivity index is 1.74. The van der Waals surface area contributed by atoms with Crippen LogP contribution in [0.5, 0.6) is 0 Å². The van der Waals surface area contributed by atoms with Crippen LogP contribution in [0.4, 0.5) is 5.69 Å². The number of amides is 1. The molecule has 0 aliphatic carbocycles. The Labute approximate surface area is 121 Å². The lowest BCUT2D eigenvalue weighted by Crippen LogP contribution is -2.14. The fourth-order valence-corrected chi connectivity index (χ4v) is 2.34. The third kappa shape index (κ3) is 2.68. The van der Waals surface area contributed by atoms with Crippen molar-refractivity contribution in [1.82, 2.24) is 4.98 Å². The Bertz CT molecular complexity index is 764. The molecule has 100 valence electrons. The van der Waals surface area contributed by atoms with Crippen molar-refractivity contribution in [2.45, 2.75) is 6.42 Å². The predicted octanol–water partition coefficient (Wildman–Crippen LogP) is 4.00. The largest absolute Gasteiger partial charge is 0.361 e. The first-order valence-electron chi connectivity index (χ1n) is 6.33. The van der Waals surface area contributed by atoms with Crippen LogP contribution < -0.4 is 5.32 Å². The number of fused-ring (bicyclic) bond motifs is 1. The van der Waals surface area contributed by atoms with Crippen LogP contribution in [0.15, 0.2) is 54.7 Å². The Morgan fingerprint density at radius 2 is 2.00 bits per heavy atom. The molecule has 0 spiro atoms. The fourth-order valence-electron chi connectivity index (χ4n) is 2.16. The van der Waals surface area contributed by atoms with E-state index in [1.54, 1.807) is 12.1 Å². The zero-order chi connectivity index (χ0) is 13.9. The lowest BCUT2D eigenvalue weighted by Gasteiger charge is -2.07. The number of halogens is 1. The van der Waals surface area contributed by atoms with Crippen molar-refractivity contribution in [2.24, 2.45) is 0 Å². The molecule has 0 saturated heterocycles. The Kier molecular flexibility index (Phi) is 3.44. The highest BCUT2D eigenvalue weighted by Crippen LogP contribution is 2.21. The minimum absolute atomic E-state index is 0.0759. The average Bonchev–Trinajstić information content (AvgIpc) is 2.89. The molecule has 3 aromatic rings. The maximum Gasteiger partial charge on any atom is 0.228 e. The van der Waals surface area contributed by atoms with Crippen molar-refractivity contribution in [3.05, 3.63) is 65.3 Å². The molecule has 1 heterocycles. The molecule has 3 nitrogen and oxygen atoms in total. The van der Waals surface area contributed by atoms with Crippen LogP contribution in [0, 0.1) is 0 Å². The quantitative estimate of drug-likeness (QED) is 0.750. The summed E-state index contributed by atoms with van der Waals surface area (Å²) in [6.07, 6.45) is 2.21. The normalized spacial score (nSPS) is 10.7. The van der Waals surface area contributed by atoms with Gasteiger partial charge in [-0.15, -0.1) is 0 Å². The summed E-state index contributed by atoms with van der Waals surface area (Å²) in [6.45, 7) is 0. The fraction of sp³-hybridized carbons (Fsp3) is 0.0625. The summed E-state index contributed by atoms with van der Waals surface area (Å²) >= 11 is 6.02. The summed E-state index contributed by atoms with van der Waals surface area (Å²) in [7, 11) is 0. The molecule has 1 aromatic heterocycles. The molecule has 2 aromatic carbocycles. The van der Waals surface area contributed by atoms with E-state index in [2.05, 4.69) is 10.3 Å². The van der Waals surface area contributed by atoms with Gasteiger partial charge in [-0.1, -0.05) is 29.8 Å². The molecule has 0 saturated carbocycles. The minimum Gasteiger partial charge on any atom is -0.361 e. The molecule has 4 heteroatoms. The Morgan fingerprint density at radius 1 is 1.15 bits per heavy atom. The summed E-state index contributed by atoms with van der Waals surface area (Å²) < 4.78 is 0. The number of rotatable bonds is 3. The molecule has 0 bridgehead atoms. The highest BCUT2D eigenvalue weighted by Gasteiger charge is 2.07. The predicted molar refractivity (Wildman–Crippen MR) is 82.1 cm³/mol. The maximum atomic E-state index is 12.0. The van der Waals surface area contributed by atoms with Crippen LogP contribution in [0.25, 0.3) is 10.9 Å². The standard InChI is InChI=1S/C16H13ClN2O/c17-13-3-1-2-4-15(13)19-16(20)10-11-5-6-14-12(9-11)7-8-18-14/h1-9,18H,10H2,(H,19,20). The van der Waals surface area contributed by atoms with Crippen LogP contribution in [-0.2, 0) is 11.2 Å². The Morgan fingerprint density at radius 3 is 2.85 bits per heavy atom. The van der Waals surface area contributed by atoms with Gasteiger partial charge in [0.2, 0.25) is 5.91 Å². The molecular formula is C16H13ClN2O. The number of carbonyl (C=O) groups excluding carboxylic acids is 1. The third-order valence-electron chi connectivity index (χ3n) is 3.13. The number of hydrogen-bond acceptors (Lipinski definition) is 1. The molecule has 0 atom stereocenters. The van der Waals surface area contributed by atoms with E-state index in [0.717, 1.165) is 16.5 Å². The molecule has 0 radical (unpaired) electrons. The highest BCUT2D eigenvalue weighted by atomic mass is 35.5. The monoisotopic (exact) mass is 284 g/mol. The number of hydrogen-bond donors (Lipinski definition) is 2. The van der Waals surface area contributed by atoms with E-state index in [0.29, 0.717) is 17.1 Å². The second-order valence-electron chi connectivity index (χ2n) is 4.60. The van der Waals surface area contributed by atoms with Gasteiger partial charge in [-0.2, -0.15) is 0 Å². The van der Waals surface area contributed by atoms with Crippen LogP contribution in [-0.4, -0.2) is 10.9 Å². The van der Waals surface area contributed by atoms with Gasteiger partial charge in [0.25, 0.3) is 0 Å². The van der Waals surface area contributed by atoms with Crippen LogP contribution in [0.1, 0.15) is 5.56 Å². The molecule has 2 N–H and O–H groups in total. The molecule has 0 aliphatic heterocycles. The van der Waals surface area contributed by atoms with E-state index >= 15 is 0 Å². The SMILES string of the molecule is O=C(Cc1ccc2[nH]ccc2c1)Nc1ccccc1Cl. The zero-order valence-corrected chi connectivity index (χ0v) is 11.4. The number of carbonyl (C=O) groups is 1. The molecule has 0 aliphatic rings. The second kappa shape index (κ2) is 5.39. The van der Waals surface area contributed by atoms with Crippen LogP contribution in [0.3, 0.4) is 0 Å². The van der Waals surface area contributed by atoms with Gasteiger partial charge >= 0.3 is 0 Å². The molecule has 1 amide bonds. The summed E-state index contributed by atoms with van der Waals surface area (Å²) in [5.74, 6) is -0.0759. The van der Waals surface area contributed by atoms with E-state index in [9.17, 15) is 4.79 Å². The van der Waals surface area contributed by atoms with Crippen molar-refractivity contribution >= 4 is 34.1 Å². The number of nitrogens with one attached hydrogen (secondary N) is 2. The molecule has 0 unspecified atom stereocenters. The van der Waals surface area contributed by atoms with Crippen molar-refractivity contribution in [1.29, 1.82) is 0 Å². The molecule has 20 heavy (non-hydrogen) atoms. The first-order chi connectivity index (χ1) is 9.72. The number of anilines is 1. The lowest BCUT2D eigenvalue weighted by molar-refractivity contribution is -0.115. The van der Waals surface area contributed by atoms with E-state index in [-0.39, 0.29) is 5.91 Å². The summed E-state index contributed by atoms with van der Waals surface area (Å²) in [6, 6.07) is 15.1. The number of aromatic nitrogens is 1. The van der Waals surface area contributed by atoms with Gasteiger partial charge in [-0.25, -0.2) is 0 Å². The van der Waals surface area contributed by atoms with Gasteiger partial charge in [0, 0.05) is 11.7 Å². The van der Waals surface area contributed by atoms with Gasteiger partial charge in [0.05, 0.1) is 17.1 Å². The molecule has 3 rings (SSSR count). The Hall–Kier alpha value is -2.26. The molecule has 0 fully saturated rings. The van der Waals surface area contributed by atoms with Gasteiger partial charge in [-0.3, -0.25) is 4.79 Å². The topological polar surface area (TPSA) is 44.9 Å². The van der Waals surface area contributed by atoms with Crippen molar-refractivity contribution in [3.8, 4) is 0 Å². The van der Waals surface area contributed by atoms with Gasteiger partial charge in [0.15, 0.2) is 0 Å². The first kappa shape index (κ1) is 12.8. The van der Waals surface area contributed by atoms with Crippen molar-refractivity contribution in [3.63, 3.8) is 0 Å². The van der Waals surface area contributed by atoms with Crippen LogP contribution in [0.2, 0.25) is 5.02 Å². The summed E-state index contributed by atoms with van der Waals surface area (Å²) in [5, 5.41) is 4.47. The third-order valence-corrected chi connectivity index (χ3v) is 3.46. The van der Waals surface area contributed by atoms with E-state index in [1.165, 1.54) is 0 Å². The highest BCUT2D eigenvalue weighted by molar-refractivity contribution is 6.33. The van der Waals surface area contributed by atoms with Gasteiger partial charge in [-0.05, 0) is 41.3 Å². The van der Waals surface area contributed by atoms with E-state index < -0.39 is 0 Å². The molecular weight excluding hydrogens is 272 g/mol. The second-order valence-corrected chi connectivity index (χ2v) is 5.01. The number of para-hydroxylation sites is 1. The maximum absolute atomic E-state index is 12.0. The zero-order valence-electron chi connectivity index (χ0n) is 10.7. The lowest BCUT2D eigenvalue weighted by atomic mass is 10.1. The summed E-state index contributed by atoms with van der Waals surface area (Å²) in [5.41, 5.74) is 2.68. The summed E-state index contributed by atoms with van der Waals surface area (Å²) in [4.78, 5) is 15.2.